The molecule has 0 aliphatic carbocycles. The zero-order valence-electron chi connectivity index (χ0n) is 5.18. The van der Waals surface area contributed by atoms with Gasteiger partial charge in [0.05, 0.1) is 5.56 Å². The van der Waals surface area contributed by atoms with Crippen molar-refractivity contribution in [3.8, 4) is 5.88 Å². The molecule has 0 saturated carbocycles. The van der Waals surface area contributed by atoms with E-state index in [1.165, 1.54) is 6.92 Å². The monoisotopic (exact) mass is 204 g/mol. The van der Waals surface area contributed by atoms with Crippen molar-refractivity contribution in [1.29, 1.82) is 0 Å². The molecule has 0 aromatic carbocycles. The van der Waals surface area contributed by atoms with E-state index in [9.17, 15) is 4.79 Å². The molecule has 0 radical (unpaired) electrons. The molecule has 5 heteroatoms. The molecule has 1 rings (SSSR count). The van der Waals surface area contributed by atoms with Gasteiger partial charge >= 0.3 is 0 Å². The van der Waals surface area contributed by atoms with E-state index in [4.69, 9.17) is 5.11 Å². The number of hydrogen-bond donors (Lipinski definition) is 2. The molecule has 1 aromatic rings. The summed E-state index contributed by atoms with van der Waals surface area (Å²) in [5.41, 5.74) is -0.109. The Balaban J connectivity index is 3.46. The summed E-state index contributed by atoms with van der Waals surface area (Å²) in [5.74, 6) is -0.240. The third kappa shape index (κ3) is 1.18. The number of nitrogens with one attached hydrogen (secondary N) is 1. The van der Waals surface area contributed by atoms with E-state index in [1.54, 1.807) is 0 Å². The van der Waals surface area contributed by atoms with Crippen LogP contribution in [0.25, 0.3) is 0 Å². The molecule has 0 spiro atoms. The molecular weight excluding hydrogens is 200 g/mol. The first-order valence-corrected chi connectivity index (χ1v) is 3.36. The van der Waals surface area contributed by atoms with Gasteiger partial charge in [0.2, 0.25) is 5.88 Å². The van der Waals surface area contributed by atoms with Gasteiger partial charge in [-0.3, -0.25) is 4.79 Å². The molecule has 0 aliphatic heterocycles. The number of nitrogens with zero attached hydrogens (tertiary/aromatic N) is 1. The van der Waals surface area contributed by atoms with Crippen molar-refractivity contribution in [3.63, 3.8) is 0 Å². The Morgan fingerprint density at radius 2 is 2.30 bits per heavy atom. The molecule has 0 saturated heterocycles. The van der Waals surface area contributed by atoms with E-state index in [0.717, 1.165) is 0 Å². The smallest absolute Gasteiger partial charge is 0.258 e. The van der Waals surface area contributed by atoms with Crippen LogP contribution in [0.2, 0.25) is 0 Å². The van der Waals surface area contributed by atoms with Gasteiger partial charge in [-0.2, -0.15) is 4.98 Å². The summed E-state index contributed by atoms with van der Waals surface area (Å²) in [6.07, 6.45) is 0. The zero-order valence-corrected chi connectivity index (χ0v) is 6.77. The number of halogens is 1. The highest BCUT2D eigenvalue weighted by Crippen LogP contribution is 2.08. The number of aromatic amines is 1. The van der Waals surface area contributed by atoms with Crippen LogP contribution in [0.3, 0.4) is 0 Å². The Morgan fingerprint density at radius 3 is 2.80 bits per heavy atom. The van der Waals surface area contributed by atoms with Gasteiger partial charge < -0.3 is 10.1 Å². The highest BCUT2D eigenvalue weighted by molar-refractivity contribution is 9.10. The summed E-state index contributed by atoms with van der Waals surface area (Å²) in [6.45, 7) is 1.49. The maximum absolute atomic E-state index is 10.8. The van der Waals surface area contributed by atoms with Gasteiger partial charge in [0.25, 0.3) is 5.56 Å². The molecule has 0 bridgehead atoms. The van der Waals surface area contributed by atoms with Crippen molar-refractivity contribution in [3.05, 3.63) is 20.7 Å². The zero-order chi connectivity index (χ0) is 7.72. The SMILES string of the molecule is Cc1c(O)nc(Br)[nH]c1=O. The second-order valence-corrected chi connectivity index (χ2v) is 2.56. The maximum atomic E-state index is 10.8. The normalized spacial score (nSPS) is 9.80. The Hall–Kier alpha value is -0.840. The molecule has 0 aliphatic rings. The predicted octanol–water partition coefficient (Wildman–Crippen LogP) is 0.546. The number of aromatic nitrogens is 2. The largest absolute Gasteiger partial charge is 0.493 e. The van der Waals surface area contributed by atoms with E-state index in [2.05, 4.69) is 25.9 Å². The Labute approximate surface area is 65.1 Å². The summed E-state index contributed by atoms with van der Waals surface area (Å²) in [4.78, 5) is 16.7. The summed E-state index contributed by atoms with van der Waals surface area (Å²) in [6, 6.07) is 0. The van der Waals surface area contributed by atoms with Crippen LogP contribution in [0.5, 0.6) is 5.88 Å². The van der Waals surface area contributed by atoms with E-state index in [0.29, 0.717) is 0 Å². The molecule has 10 heavy (non-hydrogen) atoms. The lowest BCUT2D eigenvalue weighted by Gasteiger charge is -1.94. The van der Waals surface area contributed by atoms with Crippen LogP contribution in [0.4, 0.5) is 0 Å². The number of aromatic hydroxyl groups is 1. The summed E-state index contributed by atoms with van der Waals surface area (Å²) < 4.78 is 0.237. The molecule has 1 aromatic heterocycles. The summed E-state index contributed by atoms with van der Waals surface area (Å²) >= 11 is 2.92. The highest BCUT2D eigenvalue weighted by Gasteiger charge is 2.02. The summed E-state index contributed by atoms with van der Waals surface area (Å²) in [7, 11) is 0. The number of rotatable bonds is 0. The van der Waals surface area contributed by atoms with Crippen LogP contribution in [0, 0.1) is 6.92 Å². The van der Waals surface area contributed by atoms with Crippen LogP contribution in [-0.4, -0.2) is 15.1 Å². The molecule has 2 N–H and O–H groups in total. The van der Waals surface area contributed by atoms with Crippen LogP contribution in [0.1, 0.15) is 5.56 Å². The molecule has 0 fully saturated rings. The van der Waals surface area contributed by atoms with Gasteiger partial charge in [0.15, 0.2) is 4.73 Å². The Kier molecular flexibility index (Phi) is 1.76. The molecule has 0 amide bonds. The first kappa shape index (κ1) is 7.27. The number of hydrogen-bond acceptors (Lipinski definition) is 3. The fourth-order valence-electron chi connectivity index (χ4n) is 0.494. The van der Waals surface area contributed by atoms with Gasteiger partial charge in [-0.25, -0.2) is 0 Å². The minimum atomic E-state index is -0.334. The van der Waals surface area contributed by atoms with Gasteiger partial charge in [0.1, 0.15) is 0 Å². The molecule has 54 valence electrons. The van der Waals surface area contributed by atoms with Gasteiger partial charge in [-0.15, -0.1) is 0 Å². The quantitative estimate of drug-likeness (QED) is 0.607. The molecule has 4 nitrogen and oxygen atoms in total. The van der Waals surface area contributed by atoms with Gasteiger partial charge in [-0.1, -0.05) is 0 Å². The first-order valence-electron chi connectivity index (χ1n) is 2.56. The topological polar surface area (TPSA) is 66.0 Å². The minimum absolute atomic E-state index is 0.225. The lowest BCUT2D eigenvalue weighted by Crippen LogP contribution is -2.10. The second kappa shape index (κ2) is 2.42. The minimum Gasteiger partial charge on any atom is -0.493 e. The van der Waals surface area contributed by atoms with Crippen molar-refractivity contribution >= 4 is 15.9 Å². The van der Waals surface area contributed by atoms with Crippen molar-refractivity contribution < 1.29 is 5.11 Å². The lowest BCUT2D eigenvalue weighted by atomic mass is 10.4. The first-order chi connectivity index (χ1) is 4.61. The third-order valence-corrected chi connectivity index (χ3v) is 1.47. The van der Waals surface area contributed by atoms with Crippen LogP contribution < -0.4 is 5.56 Å². The fraction of sp³-hybridized carbons (Fsp3) is 0.200. The molecular formula is C5H5BrN2O2. The standard InChI is InChI=1S/C5H5BrN2O2/c1-2-3(9)7-5(6)8-4(2)10/h1H3,(H2,7,8,9,10). The molecule has 0 unspecified atom stereocenters. The van der Waals surface area contributed by atoms with Crippen LogP contribution in [-0.2, 0) is 0 Å². The van der Waals surface area contributed by atoms with E-state index < -0.39 is 0 Å². The summed E-state index contributed by atoms with van der Waals surface area (Å²) in [5, 5.41) is 8.92. The Morgan fingerprint density at radius 1 is 1.70 bits per heavy atom. The van der Waals surface area contributed by atoms with Crippen LogP contribution in [0.15, 0.2) is 9.53 Å². The lowest BCUT2D eigenvalue weighted by molar-refractivity contribution is 0.444. The van der Waals surface area contributed by atoms with E-state index >= 15 is 0 Å². The van der Waals surface area contributed by atoms with Crippen molar-refractivity contribution in [2.24, 2.45) is 0 Å². The Bertz CT molecular complexity index is 307. The van der Waals surface area contributed by atoms with Gasteiger partial charge in [0, 0.05) is 0 Å². The van der Waals surface area contributed by atoms with E-state index in [1.807, 2.05) is 0 Å². The maximum Gasteiger partial charge on any atom is 0.258 e. The number of H-pyrrole nitrogens is 1. The highest BCUT2D eigenvalue weighted by atomic mass is 79.9. The van der Waals surface area contributed by atoms with Crippen molar-refractivity contribution in [2.75, 3.05) is 0 Å². The predicted molar refractivity (Wildman–Crippen MR) is 39.0 cm³/mol. The molecule has 0 atom stereocenters. The third-order valence-electron chi connectivity index (χ3n) is 1.10. The van der Waals surface area contributed by atoms with E-state index in [-0.39, 0.29) is 21.7 Å². The van der Waals surface area contributed by atoms with Crippen molar-refractivity contribution in [1.82, 2.24) is 9.97 Å². The van der Waals surface area contributed by atoms with Crippen molar-refractivity contribution in [2.45, 2.75) is 6.92 Å². The average Bonchev–Trinajstić information content (AvgIpc) is 1.82. The fourth-order valence-corrected chi connectivity index (χ4v) is 0.842. The average molecular weight is 205 g/mol. The van der Waals surface area contributed by atoms with Gasteiger partial charge in [-0.05, 0) is 22.9 Å². The van der Waals surface area contributed by atoms with Crippen LogP contribution >= 0.6 is 15.9 Å². The second-order valence-electron chi connectivity index (χ2n) is 1.81. The molecule has 1 heterocycles.